The van der Waals surface area contributed by atoms with Crippen molar-refractivity contribution in [2.45, 2.75) is 32.6 Å². The van der Waals surface area contributed by atoms with E-state index < -0.39 is 0 Å². The summed E-state index contributed by atoms with van der Waals surface area (Å²) in [6, 6.07) is 7.73. The van der Waals surface area contributed by atoms with E-state index in [1.807, 2.05) is 24.3 Å². The molecule has 2 rings (SSSR count). The summed E-state index contributed by atoms with van der Waals surface area (Å²) < 4.78 is 0. The summed E-state index contributed by atoms with van der Waals surface area (Å²) in [6.45, 7) is 5.55. The third-order valence-electron chi connectivity index (χ3n) is 4.12. The Morgan fingerprint density at radius 3 is 2.52 bits per heavy atom. The standard InChI is InChI=1S/C17H26N2O2/c1-2-10-19-11-7-15(8-12-19)17(21)18-16-5-3-14(4-6-16)9-13-20/h3-6,15,20H,2,7-13H2,1H3,(H,18,21). The molecule has 1 heterocycles. The summed E-state index contributed by atoms with van der Waals surface area (Å²) in [5, 5.41) is 11.9. The number of piperidine rings is 1. The van der Waals surface area contributed by atoms with Crippen LogP contribution < -0.4 is 5.32 Å². The van der Waals surface area contributed by atoms with Gasteiger partial charge >= 0.3 is 0 Å². The maximum Gasteiger partial charge on any atom is 0.227 e. The lowest BCUT2D eigenvalue weighted by molar-refractivity contribution is -0.121. The Balaban J connectivity index is 1.81. The summed E-state index contributed by atoms with van der Waals surface area (Å²) in [5.41, 5.74) is 1.93. The highest BCUT2D eigenvalue weighted by Crippen LogP contribution is 2.20. The number of amides is 1. The predicted molar refractivity (Wildman–Crippen MR) is 85.3 cm³/mol. The summed E-state index contributed by atoms with van der Waals surface area (Å²) in [7, 11) is 0. The molecule has 0 unspecified atom stereocenters. The molecule has 0 atom stereocenters. The molecular formula is C17H26N2O2. The topological polar surface area (TPSA) is 52.6 Å². The average Bonchev–Trinajstić information content (AvgIpc) is 2.50. The van der Waals surface area contributed by atoms with Crippen molar-refractivity contribution in [3.63, 3.8) is 0 Å². The van der Waals surface area contributed by atoms with Crippen LogP contribution in [0.5, 0.6) is 0 Å². The van der Waals surface area contributed by atoms with Crippen molar-refractivity contribution in [2.75, 3.05) is 31.6 Å². The van der Waals surface area contributed by atoms with Crippen LogP contribution in [0.2, 0.25) is 0 Å². The minimum Gasteiger partial charge on any atom is -0.396 e. The van der Waals surface area contributed by atoms with Crippen LogP contribution in [0.25, 0.3) is 0 Å². The maximum atomic E-state index is 12.3. The van der Waals surface area contributed by atoms with Gasteiger partial charge in [-0.15, -0.1) is 0 Å². The van der Waals surface area contributed by atoms with Crippen LogP contribution in [-0.2, 0) is 11.2 Å². The minimum atomic E-state index is 0.134. The van der Waals surface area contributed by atoms with Gasteiger partial charge in [-0.3, -0.25) is 4.79 Å². The molecular weight excluding hydrogens is 264 g/mol. The number of benzene rings is 1. The van der Waals surface area contributed by atoms with Crippen molar-refractivity contribution >= 4 is 11.6 Å². The molecule has 1 aromatic rings. The van der Waals surface area contributed by atoms with Crippen molar-refractivity contribution in [1.29, 1.82) is 0 Å². The Labute approximate surface area is 127 Å². The molecule has 1 aliphatic heterocycles. The van der Waals surface area contributed by atoms with E-state index in [0.29, 0.717) is 6.42 Å². The number of rotatable bonds is 6. The third kappa shape index (κ3) is 4.83. The zero-order valence-corrected chi connectivity index (χ0v) is 12.8. The second-order valence-electron chi connectivity index (χ2n) is 5.78. The average molecular weight is 290 g/mol. The zero-order valence-electron chi connectivity index (χ0n) is 12.8. The molecule has 0 aromatic heterocycles. The van der Waals surface area contributed by atoms with Crippen molar-refractivity contribution in [3.8, 4) is 0 Å². The van der Waals surface area contributed by atoms with Gasteiger partial charge in [0.2, 0.25) is 5.91 Å². The SMILES string of the molecule is CCCN1CCC(C(=O)Nc2ccc(CCO)cc2)CC1. The second-order valence-corrected chi connectivity index (χ2v) is 5.78. The van der Waals surface area contributed by atoms with E-state index in [2.05, 4.69) is 17.1 Å². The van der Waals surface area contributed by atoms with Crippen LogP contribution in [0.15, 0.2) is 24.3 Å². The van der Waals surface area contributed by atoms with Crippen LogP contribution in [0.1, 0.15) is 31.7 Å². The summed E-state index contributed by atoms with van der Waals surface area (Å²) in [5.74, 6) is 0.274. The quantitative estimate of drug-likeness (QED) is 0.845. The van der Waals surface area contributed by atoms with Gasteiger partial charge in [-0.05, 0) is 63.0 Å². The number of likely N-dealkylation sites (tertiary alicyclic amines) is 1. The van der Waals surface area contributed by atoms with E-state index in [-0.39, 0.29) is 18.4 Å². The van der Waals surface area contributed by atoms with Gasteiger partial charge in [-0.2, -0.15) is 0 Å². The fourth-order valence-corrected chi connectivity index (χ4v) is 2.86. The van der Waals surface area contributed by atoms with Crippen molar-refractivity contribution in [1.82, 2.24) is 4.90 Å². The Morgan fingerprint density at radius 1 is 1.29 bits per heavy atom. The molecule has 21 heavy (non-hydrogen) atoms. The molecule has 0 radical (unpaired) electrons. The number of aliphatic hydroxyl groups excluding tert-OH is 1. The lowest BCUT2D eigenvalue weighted by Crippen LogP contribution is -2.38. The van der Waals surface area contributed by atoms with E-state index >= 15 is 0 Å². The molecule has 4 nitrogen and oxygen atoms in total. The molecule has 0 aliphatic carbocycles. The molecule has 116 valence electrons. The van der Waals surface area contributed by atoms with E-state index in [1.54, 1.807) is 0 Å². The van der Waals surface area contributed by atoms with Gasteiger partial charge in [0.15, 0.2) is 0 Å². The molecule has 1 aliphatic rings. The Hall–Kier alpha value is -1.39. The first kappa shape index (κ1) is 16.0. The molecule has 0 spiro atoms. The van der Waals surface area contributed by atoms with Gasteiger partial charge in [-0.25, -0.2) is 0 Å². The Morgan fingerprint density at radius 2 is 1.95 bits per heavy atom. The molecule has 1 aromatic carbocycles. The largest absolute Gasteiger partial charge is 0.396 e. The summed E-state index contributed by atoms with van der Waals surface area (Å²) in [4.78, 5) is 14.7. The number of aliphatic hydroxyl groups is 1. The van der Waals surface area contributed by atoms with Crippen LogP contribution in [0.3, 0.4) is 0 Å². The van der Waals surface area contributed by atoms with Crippen molar-refractivity contribution < 1.29 is 9.90 Å². The first-order valence-corrected chi connectivity index (χ1v) is 7.96. The van der Waals surface area contributed by atoms with E-state index in [4.69, 9.17) is 5.11 Å². The number of nitrogens with one attached hydrogen (secondary N) is 1. The Kier molecular flexibility index (Phi) is 6.21. The van der Waals surface area contributed by atoms with Gasteiger partial charge in [0.1, 0.15) is 0 Å². The number of carbonyl (C=O) groups is 1. The number of hydrogen-bond acceptors (Lipinski definition) is 3. The maximum absolute atomic E-state index is 12.3. The van der Waals surface area contributed by atoms with Gasteiger partial charge in [0, 0.05) is 18.2 Å². The normalized spacial score (nSPS) is 16.9. The molecule has 4 heteroatoms. The Bertz CT molecular complexity index is 437. The highest BCUT2D eigenvalue weighted by molar-refractivity contribution is 5.92. The number of hydrogen-bond donors (Lipinski definition) is 2. The third-order valence-corrected chi connectivity index (χ3v) is 4.12. The van der Waals surface area contributed by atoms with Crippen LogP contribution in [0.4, 0.5) is 5.69 Å². The van der Waals surface area contributed by atoms with Gasteiger partial charge in [0.25, 0.3) is 0 Å². The first-order chi connectivity index (χ1) is 10.2. The van der Waals surface area contributed by atoms with Gasteiger partial charge < -0.3 is 15.3 Å². The summed E-state index contributed by atoms with van der Waals surface area (Å²) in [6.07, 6.45) is 3.74. The lowest BCUT2D eigenvalue weighted by Gasteiger charge is -2.30. The zero-order chi connectivity index (χ0) is 15.1. The number of carbonyl (C=O) groups excluding carboxylic acids is 1. The molecule has 0 saturated carbocycles. The van der Waals surface area contributed by atoms with Crippen LogP contribution in [-0.4, -0.2) is 42.2 Å². The fraction of sp³-hybridized carbons (Fsp3) is 0.588. The van der Waals surface area contributed by atoms with Crippen molar-refractivity contribution in [3.05, 3.63) is 29.8 Å². The molecule has 1 fully saturated rings. The fourth-order valence-electron chi connectivity index (χ4n) is 2.86. The molecule has 2 N–H and O–H groups in total. The minimum absolute atomic E-state index is 0.134. The highest BCUT2D eigenvalue weighted by Gasteiger charge is 2.24. The molecule has 1 saturated heterocycles. The highest BCUT2D eigenvalue weighted by atomic mass is 16.2. The van der Waals surface area contributed by atoms with E-state index in [0.717, 1.165) is 43.7 Å². The second kappa shape index (κ2) is 8.15. The summed E-state index contributed by atoms with van der Waals surface area (Å²) >= 11 is 0. The van der Waals surface area contributed by atoms with E-state index in [9.17, 15) is 4.79 Å². The van der Waals surface area contributed by atoms with E-state index in [1.165, 1.54) is 6.42 Å². The van der Waals surface area contributed by atoms with Gasteiger partial charge in [-0.1, -0.05) is 19.1 Å². The van der Waals surface area contributed by atoms with Crippen LogP contribution >= 0.6 is 0 Å². The monoisotopic (exact) mass is 290 g/mol. The smallest absolute Gasteiger partial charge is 0.227 e. The molecule has 1 amide bonds. The predicted octanol–water partition coefficient (Wildman–Crippen LogP) is 2.28. The number of anilines is 1. The number of nitrogens with zero attached hydrogens (tertiary/aromatic N) is 1. The first-order valence-electron chi connectivity index (χ1n) is 7.96. The van der Waals surface area contributed by atoms with Crippen molar-refractivity contribution in [2.24, 2.45) is 5.92 Å². The molecule has 0 bridgehead atoms. The van der Waals surface area contributed by atoms with Gasteiger partial charge in [0.05, 0.1) is 0 Å². The van der Waals surface area contributed by atoms with Crippen LogP contribution in [0, 0.1) is 5.92 Å². The lowest BCUT2D eigenvalue weighted by atomic mass is 9.95.